The summed E-state index contributed by atoms with van der Waals surface area (Å²) < 4.78 is 0. The molecular formula is C16H24N2O3S. The molecule has 2 rings (SSSR count). The Morgan fingerprint density at radius 1 is 1.50 bits per heavy atom. The highest BCUT2D eigenvalue weighted by atomic mass is 32.1. The largest absolute Gasteiger partial charge is 0.396 e. The molecule has 1 saturated heterocycles. The van der Waals surface area contributed by atoms with Crippen molar-refractivity contribution in [1.82, 2.24) is 10.2 Å². The number of thiophene rings is 1. The number of amides is 2. The van der Waals surface area contributed by atoms with E-state index in [2.05, 4.69) is 5.32 Å². The fourth-order valence-electron chi connectivity index (χ4n) is 2.62. The van der Waals surface area contributed by atoms with E-state index >= 15 is 0 Å². The van der Waals surface area contributed by atoms with Crippen molar-refractivity contribution in [2.45, 2.75) is 45.2 Å². The molecule has 0 radical (unpaired) electrons. The SMILES string of the molecule is CC(CO)C(C)NC(=O)C1CCCN1C(=O)Cc1cccs1. The minimum Gasteiger partial charge on any atom is -0.396 e. The molecule has 6 heteroatoms. The van der Waals surface area contributed by atoms with Crippen molar-refractivity contribution in [3.8, 4) is 0 Å². The molecule has 1 fully saturated rings. The van der Waals surface area contributed by atoms with Gasteiger partial charge in [0, 0.05) is 24.1 Å². The molecule has 0 aromatic carbocycles. The Balaban J connectivity index is 1.94. The summed E-state index contributed by atoms with van der Waals surface area (Å²) in [5, 5.41) is 14.0. The van der Waals surface area contributed by atoms with E-state index in [1.807, 2.05) is 31.4 Å². The number of carbonyl (C=O) groups is 2. The van der Waals surface area contributed by atoms with Gasteiger partial charge in [-0.2, -0.15) is 0 Å². The maximum absolute atomic E-state index is 12.4. The van der Waals surface area contributed by atoms with Crippen LogP contribution in [0.3, 0.4) is 0 Å². The first-order chi connectivity index (χ1) is 10.5. The van der Waals surface area contributed by atoms with Crippen LogP contribution in [0.1, 0.15) is 31.6 Å². The lowest BCUT2D eigenvalue weighted by atomic mass is 10.0. The highest BCUT2D eigenvalue weighted by Crippen LogP contribution is 2.20. The summed E-state index contributed by atoms with van der Waals surface area (Å²) in [5.41, 5.74) is 0. The normalized spacial score (nSPS) is 20.7. The van der Waals surface area contributed by atoms with Crippen molar-refractivity contribution >= 4 is 23.2 Å². The summed E-state index contributed by atoms with van der Waals surface area (Å²) in [5.74, 6) is -0.0894. The number of rotatable bonds is 6. The van der Waals surface area contributed by atoms with Gasteiger partial charge in [-0.15, -0.1) is 11.3 Å². The van der Waals surface area contributed by atoms with Crippen molar-refractivity contribution in [1.29, 1.82) is 0 Å². The van der Waals surface area contributed by atoms with E-state index in [-0.39, 0.29) is 36.4 Å². The maximum Gasteiger partial charge on any atom is 0.243 e. The van der Waals surface area contributed by atoms with Crippen LogP contribution in [0.4, 0.5) is 0 Å². The second kappa shape index (κ2) is 7.74. The van der Waals surface area contributed by atoms with Crippen molar-refractivity contribution in [2.75, 3.05) is 13.2 Å². The molecule has 3 unspecified atom stereocenters. The topological polar surface area (TPSA) is 69.6 Å². The van der Waals surface area contributed by atoms with Crippen molar-refractivity contribution < 1.29 is 14.7 Å². The van der Waals surface area contributed by atoms with Gasteiger partial charge in [0.15, 0.2) is 0 Å². The molecule has 2 heterocycles. The number of aliphatic hydroxyl groups excluding tert-OH is 1. The maximum atomic E-state index is 12.4. The second-order valence-corrected chi connectivity index (χ2v) is 6.99. The van der Waals surface area contributed by atoms with E-state index in [9.17, 15) is 9.59 Å². The van der Waals surface area contributed by atoms with Gasteiger partial charge in [0.1, 0.15) is 6.04 Å². The molecule has 2 N–H and O–H groups in total. The predicted molar refractivity (Wildman–Crippen MR) is 86.6 cm³/mol. The number of hydrogen-bond acceptors (Lipinski definition) is 4. The van der Waals surface area contributed by atoms with E-state index in [0.717, 1.165) is 11.3 Å². The number of likely N-dealkylation sites (tertiary alicyclic amines) is 1. The van der Waals surface area contributed by atoms with E-state index in [1.54, 1.807) is 16.2 Å². The van der Waals surface area contributed by atoms with Crippen LogP contribution in [-0.4, -0.2) is 47.1 Å². The molecule has 0 aliphatic carbocycles. The van der Waals surface area contributed by atoms with Gasteiger partial charge < -0.3 is 15.3 Å². The second-order valence-electron chi connectivity index (χ2n) is 5.96. The standard InChI is InChI=1S/C16H24N2O3S/c1-11(10-19)12(2)17-16(21)14-6-3-7-18(14)15(20)9-13-5-4-8-22-13/h4-5,8,11-12,14,19H,3,6-7,9-10H2,1-2H3,(H,17,21). The molecule has 122 valence electrons. The van der Waals surface area contributed by atoms with Gasteiger partial charge >= 0.3 is 0 Å². The van der Waals surface area contributed by atoms with Crippen LogP contribution < -0.4 is 5.32 Å². The van der Waals surface area contributed by atoms with Gasteiger partial charge in [-0.1, -0.05) is 13.0 Å². The van der Waals surface area contributed by atoms with Crippen LogP contribution in [0.5, 0.6) is 0 Å². The zero-order valence-electron chi connectivity index (χ0n) is 13.1. The van der Waals surface area contributed by atoms with Gasteiger partial charge in [-0.3, -0.25) is 9.59 Å². The van der Waals surface area contributed by atoms with Crippen LogP contribution in [0.2, 0.25) is 0 Å². The van der Waals surface area contributed by atoms with Crippen LogP contribution in [-0.2, 0) is 16.0 Å². The Hall–Kier alpha value is -1.40. The Morgan fingerprint density at radius 3 is 2.91 bits per heavy atom. The third kappa shape index (κ3) is 4.08. The number of nitrogens with zero attached hydrogens (tertiary/aromatic N) is 1. The lowest BCUT2D eigenvalue weighted by molar-refractivity contribution is -0.138. The zero-order valence-corrected chi connectivity index (χ0v) is 13.9. The molecule has 5 nitrogen and oxygen atoms in total. The van der Waals surface area contributed by atoms with Crippen LogP contribution in [0.15, 0.2) is 17.5 Å². The number of aliphatic hydroxyl groups is 1. The first-order valence-corrected chi connectivity index (χ1v) is 8.64. The van der Waals surface area contributed by atoms with Gasteiger partial charge in [0.2, 0.25) is 11.8 Å². The molecule has 0 saturated carbocycles. The third-order valence-corrected chi connectivity index (χ3v) is 5.17. The molecule has 1 aromatic heterocycles. The predicted octanol–water partition coefficient (Wildman–Crippen LogP) is 1.41. The number of hydrogen-bond donors (Lipinski definition) is 2. The highest BCUT2D eigenvalue weighted by molar-refractivity contribution is 7.10. The van der Waals surface area contributed by atoms with Gasteiger partial charge in [0.25, 0.3) is 0 Å². The molecular weight excluding hydrogens is 300 g/mol. The van der Waals surface area contributed by atoms with Gasteiger partial charge in [-0.25, -0.2) is 0 Å². The van der Waals surface area contributed by atoms with E-state index in [1.165, 1.54) is 0 Å². The monoisotopic (exact) mass is 324 g/mol. The summed E-state index contributed by atoms with van der Waals surface area (Å²) >= 11 is 1.56. The lowest BCUT2D eigenvalue weighted by Gasteiger charge is -2.27. The molecule has 3 atom stereocenters. The van der Waals surface area contributed by atoms with Crippen LogP contribution >= 0.6 is 11.3 Å². The summed E-state index contributed by atoms with van der Waals surface area (Å²) in [6, 6.07) is 3.39. The molecule has 0 bridgehead atoms. The van der Waals surface area contributed by atoms with Gasteiger partial charge in [-0.05, 0) is 37.1 Å². The molecule has 1 aliphatic rings. The van der Waals surface area contributed by atoms with Crippen LogP contribution in [0, 0.1) is 5.92 Å². The summed E-state index contributed by atoms with van der Waals surface area (Å²) in [6.45, 7) is 4.45. The molecule has 1 aromatic rings. The zero-order chi connectivity index (χ0) is 16.1. The molecule has 0 spiro atoms. The Morgan fingerprint density at radius 2 is 2.27 bits per heavy atom. The van der Waals surface area contributed by atoms with Crippen molar-refractivity contribution in [3.63, 3.8) is 0 Å². The lowest BCUT2D eigenvalue weighted by Crippen LogP contribution is -2.50. The molecule has 22 heavy (non-hydrogen) atoms. The Bertz CT molecular complexity index is 503. The smallest absolute Gasteiger partial charge is 0.243 e. The fourth-order valence-corrected chi connectivity index (χ4v) is 3.32. The first kappa shape index (κ1) is 17.0. The molecule has 1 aliphatic heterocycles. The summed E-state index contributed by atoms with van der Waals surface area (Å²) in [4.78, 5) is 27.6. The quantitative estimate of drug-likeness (QED) is 0.831. The van der Waals surface area contributed by atoms with E-state index in [4.69, 9.17) is 5.11 Å². The Labute approximate surface area is 135 Å². The number of carbonyl (C=O) groups excluding carboxylic acids is 2. The summed E-state index contributed by atoms with van der Waals surface area (Å²) in [6.07, 6.45) is 1.94. The average Bonchev–Trinajstić information content (AvgIpc) is 3.16. The fraction of sp³-hybridized carbons (Fsp3) is 0.625. The van der Waals surface area contributed by atoms with E-state index < -0.39 is 0 Å². The summed E-state index contributed by atoms with van der Waals surface area (Å²) in [7, 11) is 0. The first-order valence-electron chi connectivity index (χ1n) is 7.76. The van der Waals surface area contributed by atoms with Gasteiger partial charge in [0.05, 0.1) is 6.42 Å². The Kier molecular flexibility index (Phi) is 5.97. The van der Waals surface area contributed by atoms with Crippen LogP contribution in [0.25, 0.3) is 0 Å². The highest BCUT2D eigenvalue weighted by Gasteiger charge is 2.34. The van der Waals surface area contributed by atoms with Crippen molar-refractivity contribution in [2.24, 2.45) is 5.92 Å². The minimum absolute atomic E-state index is 0.000577. The number of nitrogens with one attached hydrogen (secondary N) is 1. The van der Waals surface area contributed by atoms with Crippen molar-refractivity contribution in [3.05, 3.63) is 22.4 Å². The average molecular weight is 324 g/mol. The van der Waals surface area contributed by atoms with E-state index in [0.29, 0.717) is 19.4 Å². The molecule has 2 amide bonds. The third-order valence-electron chi connectivity index (χ3n) is 4.29. The minimum atomic E-state index is -0.374.